The number of carbonyl (C=O) groups excluding carboxylic acids is 1. The fourth-order valence-corrected chi connectivity index (χ4v) is 3.35. The van der Waals surface area contributed by atoms with E-state index >= 15 is 0 Å². The summed E-state index contributed by atoms with van der Waals surface area (Å²) >= 11 is 0. The highest BCUT2D eigenvalue weighted by Gasteiger charge is 2.32. The Bertz CT molecular complexity index is 914. The summed E-state index contributed by atoms with van der Waals surface area (Å²) in [6, 6.07) is 7.46. The number of anilines is 1. The number of aliphatic hydroxyl groups is 1. The van der Waals surface area contributed by atoms with Crippen molar-refractivity contribution in [3.05, 3.63) is 57.1 Å². The Balaban J connectivity index is 2.09. The van der Waals surface area contributed by atoms with Crippen LogP contribution >= 0.6 is 0 Å². The van der Waals surface area contributed by atoms with Gasteiger partial charge in [-0.1, -0.05) is 0 Å². The van der Waals surface area contributed by atoms with Crippen LogP contribution in [0.5, 0.6) is 11.5 Å². The summed E-state index contributed by atoms with van der Waals surface area (Å²) in [7, 11) is 3.02. The number of nitrogens with zero attached hydrogens (tertiary/aromatic N) is 2. The summed E-state index contributed by atoms with van der Waals surface area (Å²) in [5.41, 5.74) is 6.57. The molecule has 3 N–H and O–H groups in total. The molecule has 0 saturated heterocycles. The third-order valence-electron chi connectivity index (χ3n) is 4.59. The molecule has 1 amide bonds. The van der Waals surface area contributed by atoms with Gasteiger partial charge in [0.05, 0.1) is 19.1 Å². The third-order valence-corrected chi connectivity index (χ3v) is 4.59. The van der Waals surface area contributed by atoms with Gasteiger partial charge >= 0.3 is 0 Å². The number of benzene rings is 2. The van der Waals surface area contributed by atoms with Gasteiger partial charge in [-0.25, -0.2) is 0 Å². The molecule has 0 spiro atoms. The number of amides is 1. The summed E-state index contributed by atoms with van der Waals surface area (Å²) in [6.45, 7) is 0.386. The first kappa shape index (κ1) is 18.5. The van der Waals surface area contributed by atoms with E-state index in [-0.39, 0.29) is 30.0 Å². The van der Waals surface area contributed by atoms with E-state index < -0.39 is 16.9 Å². The second-order valence-corrected chi connectivity index (χ2v) is 6.08. The van der Waals surface area contributed by atoms with E-state index in [1.807, 2.05) is 0 Å². The normalized spacial score (nSPS) is 15.8. The highest BCUT2D eigenvalue weighted by atomic mass is 16.6. The van der Waals surface area contributed by atoms with Crippen LogP contribution in [0.25, 0.3) is 0 Å². The number of aliphatic hydroxyl groups excluding tert-OH is 1. The summed E-state index contributed by atoms with van der Waals surface area (Å²) < 4.78 is 10.7. The van der Waals surface area contributed by atoms with Crippen molar-refractivity contribution >= 4 is 17.3 Å². The van der Waals surface area contributed by atoms with E-state index in [4.69, 9.17) is 15.2 Å². The van der Waals surface area contributed by atoms with Crippen molar-refractivity contribution in [2.75, 3.05) is 25.7 Å². The molecule has 1 aliphatic heterocycles. The maximum atomic E-state index is 11.5. The van der Waals surface area contributed by atoms with Crippen LogP contribution in [0.3, 0.4) is 0 Å². The highest BCUT2D eigenvalue weighted by molar-refractivity contribution is 5.94. The van der Waals surface area contributed by atoms with Crippen molar-refractivity contribution in [3.8, 4) is 11.5 Å². The van der Waals surface area contributed by atoms with Crippen LogP contribution in [-0.2, 0) is 6.54 Å². The molecule has 0 aromatic heterocycles. The van der Waals surface area contributed by atoms with Crippen molar-refractivity contribution in [1.82, 2.24) is 0 Å². The quantitative estimate of drug-likeness (QED) is 0.603. The van der Waals surface area contributed by atoms with Gasteiger partial charge in [0.2, 0.25) is 5.91 Å². The Morgan fingerprint density at radius 3 is 2.52 bits per heavy atom. The lowest BCUT2D eigenvalue weighted by Crippen LogP contribution is -2.34. The number of nitrogens with two attached hydrogens (primary N) is 1. The van der Waals surface area contributed by atoms with Gasteiger partial charge in [0.1, 0.15) is 23.3 Å². The molecule has 27 heavy (non-hydrogen) atoms. The van der Waals surface area contributed by atoms with Gasteiger partial charge in [0.25, 0.3) is 5.69 Å². The maximum absolute atomic E-state index is 11.5. The number of primary amides is 1. The van der Waals surface area contributed by atoms with E-state index in [9.17, 15) is 20.0 Å². The van der Waals surface area contributed by atoms with Gasteiger partial charge in [-0.05, 0) is 24.3 Å². The number of hydrogen-bond acceptors (Lipinski definition) is 7. The number of ether oxygens (including phenoxy) is 2. The van der Waals surface area contributed by atoms with Crippen LogP contribution in [0, 0.1) is 10.1 Å². The smallest absolute Gasteiger partial charge is 0.293 e. The number of methoxy groups -OCH3 is 2. The van der Waals surface area contributed by atoms with Gasteiger partial charge in [0.15, 0.2) is 0 Å². The number of hydrogen-bond donors (Lipinski definition) is 2. The average Bonchev–Trinajstić information content (AvgIpc) is 2.66. The van der Waals surface area contributed by atoms with Gasteiger partial charge in [-0.2, -0.15) is 0 Å². The van der Waals surface area contributed by atoms with Crippen LogP contribution in [0.2, 0.25) is 0 Å². The van der Waals surface area contributed by atoms with Crippen molar-refractivity contribution in [3.63, 3.8) is 0 Å². The fourth-order valence-electron chi connectivity index (χ4n) is 3.35. The molecule has 1 unspecified atom stereocenters. The van der Waals surface area contributed by atoms with E-state index in [1.165, 1.54) is 26.4 Å². The molecule has 142 valence electrons. The Morgan fingerprint density at radius 2 is 1.93 bits per heavy atom. The number of β-amino-alcohol motifs (C(OH)–C–C–N with tert-alkyl or cyclic N) is 1. The molecule has 2 aromatic carbocycles. The van der Waals surface area contributed by atoms with Crippen molar-refractivity contribution in [2.45, 2.75) is 12.6 Å². The molecule has 0 aliphatic carbocycles. The topological polar surface area (TPSA) is 128 Å². The van der Waals surface area contributed by atoms with Crippen LogP contribution in [-0.4, -0.2) is 36.7 Å². The molecular weight excluding hydrogens is 354 g/mol. The van der Waals surface area contributed by atoms with E-state index in [0.717, 1.165) is 6.07 Å². The Morgan fingerprint density at radius 1 is 1.26 bits per heavy atom. The monoisotopic (exact) mass is 373 g/mol. The zero-order valence-corrected chi connectivity index (χ0v) is 14.8. The Hall–Kier alpha value is -3.33. The lowest BCUT2D eigenvalue weighted by atomic mass is 9.94. The van der Waals surface area contributed by atoms with E-state index in [1.54, 1.807) is 17.0 Å². The SMILES string of the molecule is COc1ccc(OC)c2c1CN(c1ccc(C(N)=O)cc1[N+](=O)[O-])CC2O. The average molecular weight is 373 g/mol. The molecule has 1 atom stereocenters. The highest BCUT2D eigenvalue weighted by Crippen LogP contribution is 2.42. The fraction of sp³-hybridized carbons (Fsp3) is 0.278. The summed E-state index contributed by atoms with van der Waals surface area (Å²) in [5.74, 6) is 0.322. The first-order valence-corrected chi connectivity index (χ1v) is 8.12. The summed E-state index contributed by atoms with van der Waals surface area (Å²) in [4.78, 5) is 23.9. The molecule has 1 aliphatic rings. The molecule has 0 bridgehead atoms. The zero-order chi connectivity index (χ0) is 19.7. The van der Waals surface area contributed by atoms with Gasteiger partial charge < -0.3 is 25.2 Å². The predicted octanol–water partition coefficient (Wildman–Crippen LogP) is 1.76. The van der Waals surface area contributed by atoms with Crippen LogP contribution < -0.4 is 20.1 Å². The maximum Gasteiger partial charge on any atom is 0.293 e. The van der Waals surface area contributed by atoms with Crippen LogP contribution in [0.4, 0.5) is 11.4 Å². The second-order valence-electron chi connectivity index (χ2n) is 6.08. The molecule has 2 aromatic rings. The molecule has 0 saturated carbocycles. The molecular formula is C18H19N3O6. The van der Waals surface area contributed by atoms with E-state index in [2.05, 4.69) is 0 Å². The van der Waals surface area contributed by atoms with Crippen molar-refractivity contribution < 1.29 is 24.3 Å². The van der Waals surface area contributed by atoms with Crippen molar-refractivity contribution in [1.29, 1.82) is 0 Å². The summed E-state index contributed by atoms with van der Waals surface area (Å²) in [6.07, 6.45) is -0.936. The number of fused-ring (bicyclic) bond motifs is 1. The third kappa shape index (κ3) is 3.24. The van der Waals surface area contributed by atoms with Crippen LogP contribution in [0.15, 0.2) is 30.3 Å². The standard InChI is InChI=1S/C18H19N3O6/c1-26-15-5-6-16(27-2)17-11(15)8-20(9-14(17)22)12-4-3-10(18(19)23)7-13(12)21(24)25/h3-7,14,22H,8-9H2,1-2H3,(H2,19,23). The molecule has 0 radical (unpaired) electrons. The van der Waals surface area contributed by atoms with Gasteiger partial charge in [0, 0.05) is 35.8 Å². The predicted molar refractivity (Wildman–Crippen MR) is 97.2 cm³/mol. The number of nitro benzene ring substituents is 1. The molecule has 3 rings (SSSR count). The lowest BCUT2D eigenvalue weighted by Gasteiger charge is -2.35. The zero-order valence-electron chi connectivity index (χ0n) is 14.8. The molecule has 9 nitrogen and oxygen atoms in total. The van der Waals surface area contributed by atoms with Crippen LogP contribution in [0.1, 0.15) is 27.6 Å². The molecule has 9 heteroatoms. The number of nitro groups is 1. The number of carbonyl (C=O) groups is 1. The van der Waals surface area contributed by atoms with Gasteiger partial charge in [-0.3, -0.25) is 14.9 Å². The Labute approximate surface area is 155 Å². The lowest BCUT2D eigenvalue weighted by molar-refractivity contribution is -0.384. The Kier molecular flexibility index (Phi) is 4.87. The first-order chi connectivity index (χ1) is 12.9. The minimum Gasteiger partial charge on any atom is -0.496 e. The van der Waals surface area contributed by atoms with Gasteiger partial charge in [-0.15, -0.1) is 0 Å². The summed E-state index contributed by atoms with van der Waals surface area (Å²) in [5, 5.41) is 22.2. The van der Waals surface area contributed by atoms with E-state index in [0.29, 0.717) is 22.6 Å². The first-order valence-electron chi connectivity index (χ1n) is 8.12. The largest absolute Gasteiger partial charge is 0.496 e. The minimum atomic E-state index is -0.936. The molecule has 0 fully saturated rings. The molecule has 1 heterocycles. The minimum absolute atomic E-state index is 0.0441. The van der Waals surface area contributed by atoms with Crippen molar-refractivity contribution in [2.24, 2.45) is 5.73 Å². The number of rotatable bonds is 5. The second kappa shape index (κ2) is 7.12.